The largest absolute Gasteiger partial charge is 0.354 e. The summed E-state index contributed by atoms with van der Waals surface area (Å²) in [7, 11) is 0. The molecule has 0 saturated carbocycles. The highest BCUT2D eigenvalue weighted by molar-refractivity contribution is 8.14. The van der Waals surface area contributed by atoms with Crippen molar-refractivity contribution in [1.29, 1.82) is 0 Å². The van der Waals surface area contributed by atoms with Gasteiger partial charge in [0.2, 0.25) is 0 Å². The molecule has 2 aliphatic heterocycles. The lowest BCUT2D eigenvalue weighted by atomic mass is 10.0. The molecule has 0 amide bonds. The summed E-state index contributed by atoms with van der Waals surface area (Å²) in [6.07, 6.45) is 8.05. The molecule has 0 saturated heterocycles. The molecule has 8 bridgehead atoms. The lowest BCUT2D eigenvalue weighted by Gasteiger charge is -2.09. The number of aromatic amines is 2. The van der Waals surface area contributed by atoms with Gasteiger partial charge in [-0.3, -0.25) is 19.2 Å². The Hall–Kier alpha value is -6.44. The zero-order valence-electron chi connectivity index (χ0n) is 35.0. The van der Waals surface area contributed by atoms with Crippen molar-refractivity contribution in [2.45, 2.75) is 47.3 Å². The summed E-state index contributed by atoms with van der Waals surface area (Å²) in [5.41, 5.74) is 12.8. The highest BCUT2D eigenvalue weighted by Gasteiger charge is 2.20. The number of hydrogen-bond acceptors (Lipinski definition) is 10. The molecular weight excluding hydrogens is 873 g/mol. The summed E-state index contributed by atoms with van der Waals surface area (Å²) in [6.45, 7) is 6.23. The summed E-state index contributed by atoms with van der Waals surface area (Å²) >= 11 is 4.71. The van der Waals surface area contributed by atoms with Crippen molar-refractivity contribution >= 4 is 114 Å². The van der Waals surface area contributed by atoms with Crippen molar-refractivity contribution in [2.24, 2.45) is 0 Å². The summed E-state index contributed by atoms with van der Waals surface area (Å²) in [6, 6.07) is 39.8. The van der Waals surface area contributed by atoms with E-state index in [4.69, 9.17) is 9.97 Å². The fraction of sp³-hybridized carbons (Fsp3) is 0.0769. The predicted molar refractivity (Wildman–Crippen MR) is 267 cm³/mol. The number of benzene rings is 4. The average molecular weight is 911 g/mol. The van der Waals surface area contributed by atoms with Gasteiger partial charge in [-0.25, -0.2) is 9.97 Å². The summed E-state index contributed by atoms with van der Waals surface area (Å²) in [4.78, 5) is 70.8. The van der Waals surface area contributed by atoms with Crippen LogP contribution in [0.2, 0.25) is 0 Å². The number of rotatable bonds is 8. The number of carbonyl (C=O) groups excluding carboxylic acids is 4. The fourth-order valence-electron chi connectivity index (χ4n) is 7.94. The van der Waals surface area contributed by atoms with E-state index in [0.717, 1.165) is 86.2 Å². The van der Waals surface area contributed by atoms with Gasteiger partial charge in [0.05, 0.1) is 22.8 Å². The van der Waals surface area contributed by atoms with Crippen LogP contribution in [-0.4, -0.2) is 40.4 Å². The predicted octanol–water partition coefficient (Wildman–Crippen LogP) is 13.9. The molecule has 2 N–H and O–H groups in total. The number of hydrogen-bond donors (Lipinski definition) is 2. The molecule has 0 unspecified atom stereocenters. The minimum absolute atomic E-state index is 0.0141. The van der Waals surface area contributed by atoms with Crippen LogP contribution in [0, 0.1) is 0 Å². The van der Waals surface area contributed by atoms with Crippen molar-refractivity contribution in [3.05, 3.63) is 144 Å². The second-order valence-corrected chi connectivity index (χ2v) is 20.0. The van der Waals surface area contributed by atoms with Gasteiger partial charge in [-0.2, -0.15) is 0 Å². The molecule has 4 aromatic carbocycles. The van der Waals surface area contributed by atoms with Gasteiger partial charge in [0, 0.05) is 91.6 Å². The van der Waals surface area contributed by atoms with Crippen LogP contribution in [-0.2, 0) is 19.2 Å². The summed E-state index contributed by atoms with van der Waals surface area (Å²) in [5.74, 6) is 0. The van der Waals surface area contributed by atoms with Crippen LogP contribution in [0.5, 0.6) is 0 Å². The summed E-state index contributed by atoms with van der Waals surface area (Å²) in [5, 5.41) is -0.0564. The minimum Gasteiger partial charge on any atom is -0.354 e. The molecule has 0 radical (unpaired) electrons. The molecule has 3 aromatic heterocycles. The molecule has 0 fully saturated rings. The van der Waals surface area contributed by atoms with Crippen LogP contribution >= 0.6 is 47.0 Å². The van der Waals surface area contributed by atoms with Crippen molar-refractivity contribution in [3.8, 4) is 44.5 Å². The van der Waals surface area contributed by atoms with Crippen molar-refractivity contribution in [3.63, 3.8) is 0 Å². The number of aromatic nitrogens is 4. The standard InChI is InChI=1S/C52H38N4O4S4/c1-29(57)61-37-13-5-9-33(25-37)49-41-17-19-43(53-41)50(34-10-6-14-38(26-34)62-30(2)58)45-21-23-47(55-45)52(36-12-8-16-40(28-36)64-32(4)60)48-24-22-46(56-48)51(44-20-18-42(49)54-44)35-11-7-15-39(27-35)63-31(3)59/h5-28,53,56H,1-4H3. The number of nitrogens with one attached hydrogen (secondary N) is 2. The van der Waals surface area contributed by atoms with Crippen molar-refractivity contribution in [2.75, 3.05) is 0 Å². The highest BCUT2D eigenvalue weighted by atomic mass is 32.2. The molecule has 0 atom stereocenters. The molecule has 2 aliphatic rings. The zero-order valence-corrected chi connectivity index (χ0v) is 38.3. The Bertz CT molecular complexity index is 2900. The molecule has 12 heteroatoms. The third-order valence-electron chi connectivity index (χ3n) is 10.3. The molecule has 5 heterocycles. The molecular formula is C52H38N4O4S4. The van der Waals surface area contributed by atoms with Crippen LogP contribution in [0.1, 0.15) is 50.5 Å². The van der Waals surface area contributed by atoms with E-state index in [1.165, 1.54) is 47.0 Å². The maximum Gasteiger partial charge on any atom is 0.190 e. The van der Waals surface area contributed by atoms with Crippen molar-refractivity contribution in [1.82, 2.24) is 19.9 Å². The first-order valence-electron chi connectivity index (χ1n) is 20.3. The number of carbonyl (C=O) groups is 4. The third kappa shape index (κ3) is 9.27. The van der Waals surface area contributed by atoms with Gasteiger partial charge in [-0.1, -0.05) is 95.6 Å². The normalized spacial score (nSPS) is 11.8. The topological polar surface area (TPSA) is 126 Å². The number of H-pyrrole nitrogens is 2. The van der Waals surface area contributed by atoms with Gasteiger partial charge < -0.3 is 9.97 Å². The maximum absolute atomic E-state index is 12.3. The first kappa shape index (κ1) is 42.8. The third-order valence-corrected chi connectivity index (χ3v) is 13.4. The molecule has 314 valence electrons. The smallest absolute Gasteiger partial charge is 0.190 e. The number of nitrogens with zero attached hydrogens (tertiary/aromatic N) is 2. The lowest BCUT2D eigenvalue weighted by molar-refractivity contribution is -0.109. The van der Waals surface area contributed by atoms with Gasteiger partial charge in [-0.05, 0) is 119 Å². The Morgan fingerprint density at radius 3 is 0.812 bits per heavy atom. The first-order valence-corrected chi connectivity index (χ1v) is 23.5. The zero-order chi connectivity index (χ0) is 44.5. The Morgan fingerprint density at radius 1 is 0.359 bits per heavy atom. The van der Waals surface area contributed by atoms with E-state index in [1.807, 2.05) is 146 Å². The number of fused-ring (bicyclic) bond motifs is 8. The van der Waals surface area contributed by atoms with E-state index >= 15 is 0 Å². The van der Waals surface area contributed by atoms with Gasteiger partial charge in [0.15, 0.2) is 20.5 Å². The quantitative estimate of drug-likeness (QED) is 0.142. The maximum atomic E-state index is 12.3. The number of thioether (sulfide) groups is 4. The van der Waals surface area contributed by atoms with Gasteiger partial charge >= 0.3 is 0 Å². The lowest BCUT2D eigenvalue weighted by Crippen LogP contribution is -1.91. The van der Waals surface area contributed by atoms with E-state index in [0.29, 0.717) is 22.8 Å². The Balaban J connectivity index is 1.44. The van der Waals surface area contributed by atoms with Crippen molar-refractivity contribution < 1.29 is 19.2 Å². The van der Waals surface area contributed by atoms with E-state index < -0.39 is 0 Å². The Labute approximate surface area is 386 Å². The van der Waals surface area contributed by atoms with Crippen LogP contribution in [0.15, 0.2) is 141 Å². The van der Waals surface area contributed by atoms with Crippen LogP contribution in [0.4, 0.5) is 0 Å². The van der Waals surface area contributed by atoms with Gasteiger partial charge in [-0.15, -0.1) is 0 Å². The minimum atomic E-state index is -0.0141. The Kier molecular flexibility index (Phi) is 12.3. The average Bonchev–Trinajstić information content (AvgIpc) is 4.09. The first-order chi connectivity index (χ1) is 30.9. The fourth-order valence-corrected chi connectivity index (χ4v) is 10.6. The van der Waals surface area contributed by atoms with Crippen LogP contribution < -0.4 is 0 Å². The molecule has 0 spiro atoms. The van der Waals surface area contributed by atoms with E-state index in [2.05, 4.69) is 9.97 Å². The van der Waals surface area contributed by atoms with Gasteiger partial charge in [0.1, 0.15) is 0 Å². The molecule has 64 heavy (non-hydrogen) atoms. The van der Waals surface area contributed by atoms with Crippen LogP contribution in [0.3, 0.4) is 0 Å². The van der Waals surface area contributed by atoms with Crippen LogP contribution in [0.25, 0.3) is 90.9 Å². The second kappa shape index (κ2) is 18.3. The SMILES string of the molecule is CC(=O)Sc1cccc(-c2c3nc(c(-c4cccc(SC(C)=O)c4)c4ccc([nH]4)c(-c4cccc(SC(C)=O)c4)c4nc(c(-c5cccc(SC(C)=O)c5)c5ccc2[nH]5)C=C4)C=C3)c1. The molecule has 9 rings (SSSR count). The van der Waals surface area contributed by atoms with E-state index in [-0.39, 0.29) is 20.5 Å². The molecule has 7 aromatic rings. The van der Waals surface area contributed by atoms with Gasteiger partial charge in [0.25, 0.3) is 0 Å². The van der Waals surface area contributed by atoms with E-state index in [9.17, 15) is 19.2 Å². The van der Waals surface area contributed by atoms with E-state index in [1.54, 1.807) is 27.7 Å². The Morgan fingerprint density at radius 2 is 0.594 bits per heavy atom. The second-order valence-electron chi connectivity index (χ2n) is 15.0. The highest BCUT2D eigenvalue weighted by Crippen LogP contribution is 2.40. The summed E-state index contributed by atoms with van der Waals surface area (Å²) < 4.78 is 0. The molecule has 8 nitrogen and oxygen atoms in total. The molecule has 0 aliphatic carbocycles. The monoisotopic (exact) mass is 910 g/mol.